The first-order valence-corrected chi connectivity index (χ1v) is 6.82. The van der Waals surface area contributed by atoms with E-state index in [-0.39, 0.29) is 12.0 Å². The zero-order chi connectivity index (χ0) is 14.4. The van der Waals surface area contributed by atoms with E-state index in [1.807, 2.05) is 49.4 Å². The van der Waals surface area contributed by atoms with Gasteiger partial charge in [-0.3, -0.25) is 4.79 Å². The van der Waals surface area contributed by atoms with E-state index < -0.39 is 0 Å². The standard InChI is InChI=1S/C17H19NO2/c1-3-13(2)20-16-11-9-14(10-12-16)17(19)18-15-7-5-4-6-8-15/h4-13H,3H2,1-2H3,(H,18,19). The molecule has 1 unspecified atom stereocenters. The first kappa shape index (κ1) is 14.1. The molecule has 1 amide bonds. The summed E-state index contributed by atoms with van der Waals surface area (Å²) < 4.78 is 5.68. The van der Waals surface area contributed by atoms with Gasteiger partial charge in [0.1, 0.15) is 5.75 Å². The maximum atomic E-state index is 12.1. The first-order chi connectivity index (χ1) is 9.69. The molecule has 2 rings (SSSR count). The van der Waals surface area contributed by atoms with Crippen LogP contribution in [0.4, 0.5) is 5.69 Å². The van der Waals surface area contributed by atoms with Crippen LogP contribution in [0.3, 0.4) is 0 Å². The predicted octanol–water partition coefficient (Wildman–Crippen LogP) is 4.12. The van der Waals surface area contributed by atoms with E-state index in [1.165, 1.54) is 0 Å². The van der Waals surface area contributed by atoms with Gasteiger partial charge in [0.15, 0.2) is 0 Å². The van der Waals surface area contributed by atoms with Crippen LogP contribution in [-0.4, -0.2) is 12.0 Å². The Kier molecular flexibility index (Phi) is 4.77. The molecule has 0 aromatic heterocycles. The van der Waals surface area contributed by atoms with E-state index in [0.717, 1.165) is 17.9 Å². The minimum absolute atomic E-state index is 0.119. The number of ether oxygens (including phenoxy) is 1. The lowest BCUT2D eigenvalue weighted by Gasteiger charge is -2.12. The Labute approximate surface area is 119 Å². The normalized spacial score (nSPS) is 11.7. The maximum absolute atomic E-state index is 12.1. The van der Waals surface area contributed by atoms with Crippen LogP contribution in [0.15, 0.2) is 54.6 Å². The van der Waals surface area contributed by atoms with Crippen molar-refractivity contribution in [3.05, 3.63) is 60.2 Å². The average Bonchev–Trinajstić information content (AvgIpc) is 2.49. The summed E-state index contributed by atoms with van der Waals surface area (Å²) in [6.07, 6.45) is 1.13. The van der Waals surface area contributed by atoms with Gasteiger partial charge >= 0.3 is 0 Å². The molecule has 104 valence electrons. The summed E-state index contributed by atoms with van der Waals surface area (Å²) in [5.74, 6) is 0.668. The maximum Gasteiger partial charge on any atom is 0.255 e. The molecule has 0 aliphatic carbocycles. The quantitative estimate of drug-likeness (QED) is 0.886. The van der Waals surface area contributed by atoms with Gasteiger partial charge in [-0.25, -0.2) is 0 Å². The van der Waals surface area contributed by atoms with E-state index in [9.17, 15) is 4.79 Å². The Morgan fingerprint density at radius 2 is 1.75 bits per heavy atom. The van der Waals surface area contributed by atoms with Crippen molar-refractivity contribution in [2.45, 2.75) is 26.4 Å². The second-order valence-electron chi connectivity index (χ2n) is 4.68. The molecule has 0 radical (unpaired) electrons. The van der Waals surface area contributed by atoms with Crippen molar-refractivity contribution in [1.29, 1.82) is 0 Å². The van der Waals surface area contributed by atoms with E-state index in [2.05, 4.69) is 12.2 Å². The van der Waals surface area contributed by atoms with Gasteiger partial charge in [-0.05, 0) is 49.7 Å². The minimum Gasteiger partial charge on any atom is -0.491 e. The molecule has 1 atom stereocenters. The Morgan fingerprint density at radius 3 is 2.35 bits per heavy atom. The number of carbonyl (C=O) groups excluding carboxylic acids is 1. The van der Waals surface area contributed by atoms with Crippen LogP contribution < -0.4 is 10.1 Å². The molecule has 0 saturated carbocycles. The molecule has 0 heterocycles. The number of hydrogen-bond acceptors (Lipinski definition) is 2. The molecule has 3 heteroatoms. The molecule has 0 fully saturated rings. The first-order valence-electron chi connectivity index (χ1n) is 6.82. The fourth-order valence-electron chi connectivity index (χ4n) is 1.73. The van der Waals surface area contributed by atoms with Gasteiger partial charge in [-0.15, -0.1) is 0 Å². The molecule has 2 aromatic carbocycles. The SMILES string of the molecule is CCC(C)Oc1ccc(C(=O)Nc2ccccc2)cc1. The molecule has 0 saturated heterocycles. The highest BCUT2D eigenvalue weighted by Crippen LogP contribution is 2.16. The predicted molar refractivity (Wildman–Crippen MR) is 81.2 cm³/mol. The van der Waals surface area contributed by atoms with Crippen LogP contribution in [0.5, 0.6) is 5.75 Å². The largest absolute Gasteiger partial charge is 0.491 e. The number of rotatable bonds is 5. The van der Waals surface area contributed by atoms with Crippen molar-refractivity contribution in [2.75, 3.05) is 5.32 Å². The third-order valence-corrected chi connectivity index (χ3v) is 3.06. The summed E-state index contributed by atoms with van der Waals surface area (Å²) in [7, 11) is 0. The molecule has 2 aromatic rings. The molecule has 0 bridgehead atoms. The van der Waals surface area contributed by atoms with Crippen molar-refractivity contribution < 1.29 is 9.53 Å². The Morgan fingerprint density at radius 1 is 1.10 bits per heavy atom. The smallest absolute Gasteiger partial charge is 0.255 e. The fourth-order valence-corrected chi connectivity index (χ4v) is 1.73. The highest BCUT2D eigenvalue weighted by atomic mass is 16.5. The molecular weight excluding hydrogens is 250 g/mol. The summed E-state index contributed by atoms with van der Waals surface area (Å²) in [5, 5.41) is 2.85. The van der Waals surface area contributed by atoms with Crippen LogP contribution >= 0.6 is 0 Å². The summed E-state index contributed by atoms with van der Waals surface area (Å²) >= 11 is 0. The average molecular weight is 269 g/mol. The number of nitrogens with one attached hydrogen (secondary N) is 1. The van der Waals surface area contributed by atoms with Crippen LogP contribution in [0.1, 0.15) is 30.6 Å². The highest BCUT2D eigenvalue weighted by molar-refractivity contribution is 6.04. The summed E-state index contributed by atoms with van der Waals surface area (Å²) in [5.41, 5.74) is 1.41. The third-order valence-electron chi connectivity index (χ3n) is 3.06. The van der Waals surface area contributed by atoms with Gasteiger partial charge in [-0.1, -0.05) is 25.1 Å². The summed E-state index contributed by atoms with van der Waals surface area (Å²) in [4.78, 5) is 12.1. The summed E-state index contributed by atoms with van der Waals surface area (Å²) in [6, 6.07) is 16.6. The second-order valence-corrected chi connectivity index (χ2v) is 4.68. The number of benzene rings is 2. The van der Waals surface area contributed by atoms with Crippen LogP contribution in [0.2, 0.25) is 0 Å². The molecule has 3 nitrogen and oxygen atoms in total. The fraction of sp³-hybridized carbons (Fsp3) is 0.235. The van der Waals surface area contributed by atoms with Crippen LogP contribution in [0.25, 0.3) is 0 Å². The van der Waals surface area contributed by atoms with Crippen molar-refractivity contribution in [1.82, 2.24) is 0 Å². The molecule has 0 aliphatic rings. The van der Waals surface area contributed by atoms with Gasteiger partial charge in [0.25, 0.3) is 5.91 Å². The lowest BCUT2D eigenvalue weighted by atomic mass is 10.2. The molecule has 0 aliphatic heterocycles. The molecule has 1 N–H and O–H groups in total. The molecule has 0 spiro atoms. The lowest BCUT2D eigenvalue weighted by molar-refractivity contribution is 0.102. The van der Waals surface area contributed by atoms with Gasteiger partial charge in [0.05, 0.1) is 6.10 Å². The number of para-hydroxylation sites is 1. The zero-order valence-corrected chi connectivity index (χ0v) is 11.8. The van der Waals surface area contributed by atoms with Crippen LogP contribution in [-0.2, 0) is 0 Å². The summed E-state index contributed by atoms with van der Waals surface area (Å²) in [6.45, 7) is 4.10. The molecular formula is C17H19NO2. The van der Waals surface area contributed by atoms with Gasteiger partial charge in [0.2, 0.25) is 0 Å². The van der Waals surface area contributed by atoms with E-state index >= 15 is 0 Å². The minimum atomic E-state index is -0.119. The van der Waals surface area contributed by atoms with Gasteiger partial charge in [0, 0.05) is 11.3 Å². The van der Waals surface area contributed by atoms with Gasteiger partial charge in [-0.2, -0.15) is 0 Å². The van der Waals surface area contributed by atoms with Crippen molar-refractivity contribution in [3.8, 4) is 5.75 Å². The topological polar surface area (TPSA) is 38.3 Å². The monoisotopic (exact) mass is 269 g/mol. The molecule has 20 heavy (non-hydrogen) atoms. The Bertz CT molecular complexity index is 549. The number of anilines is 1. The highest BCUT2D eigenvalue weighted by Gasteiger charge is 2.07. The lowest BCUT2D eigenvalue weighted by Crippen LogP contribution is -2.12. The van der Waals surface area contributed by atoms with Gasteiger partial charge < -0.3 is 10.1 Å². The van der Waals surface area contributed by atoms with Crippen LogP contribution in [0, 0.1) is 0 Å². The van der Waals surface area contributed by atoms with E-state index in [4.69, 9.17) is 4.74 Å². The zero-order valence-electron chi connectivity index (χ0n) is 11.8. The third kappa shape index (κ3) is 3.85. The van der Waals surface area contributed by atoms with Crippen molar-refractivity contribution >= 4 is 11.6 Å². The number of hydrogen-bond donors (Lipinski definition) is 1. The van der Waals surface area contributed by atoms with E-state index in [0.29, 0.717) is 5.56 Å². The number of carbonyl (C=O) groups is 1. The number of amides is 1. The second kappa shape index (κ2) is 6.75. The Balaban J connectivity index is 2.01. The Hall–Kier alpha value is -2.29. The van der Waals surface area contributed by atoms with Crippen molar-refractivity contribution in [2.24, 2.45) is 0 Å². The van der Waals surface area contributed by atoms with Crippen molar-refractivity contribution in [3.63, 3.8) is 0 Å². The van der Waals surface area contributed by atoms with E-state index in [1.54, 1.807) is 12.1 Å².